The second-order valence-corrected chi connectivity index (χ2v) is 4.54. The molecule has 0 saturated carbocycles. The van der Waals surface area contributed by atoms with Crippen LogP contribution in [0.3, 0.4) is 0 Å². The third-order valence-electron chi connectivity index (χ3n) is 1.79. The van der Waals surface area contributed by atoms with Crippen LogP contribution in [0, 0.1) is 11.2 Å². The first-order valence-electron chi connectivity index (χ1n) is 4.21. The van der Waals surface area contributed by atoms with Crippen LogP contribution >= 0.6 is 0 Å². The summed E-state index contributed by atoms with van der Waals surface area (Å²) < 4.78 is 39.5. The Morgan fingerprint density at radius 3 is 2.56 bits per heavy atom. The fourth-order valence-electron chi connectivity index (χ4n) is 0.961. The molecular formula is C8H11FN4O2S. The molecule has 0 radical (unpaired) electrons. The molecule has 5 N–H and O–H groups in total. The zero-order valence-corrected chi connectivity index (χ0v) is 9.23. The van der Waals surface area contributed by atoms with Gasteiger partial charge in [0, 0.05) is 12.6 Å². The molecule has 0 atom stereocenters. The van der Waals surface area contributed by atoms with Gasteiger partial charge in [-0.25, -0.2) is 9.11 Å². The first-order valence-corrected chi connectivity index (χ1v) is 5.69. The van der Waals surface area contributed by atoms with Crippen molar-refractivity contribution >= 4 is 21.7 Å². The fourth-order valence-corrected chi connectivity index (χ4v) is 1.52. The Bertz CT molecular complexity index is 515. The van der Waals surface area contributed by atoms with E-state index in [0.717, 1.165) is 6.07 Å². The second kappa shape index (κ2) is 4.45. The van der Waals surface area contributed by atoms with Crippen molar-refractivity contribution in [3.05, 3.63) is 29.6 Å². The monoisotopic (exact) mass is 246 g/mol. The van der Waals surface area contributed by atoms with Crippen LogP contribution in [-0.2, 0) is 10.2 Å². The largest absolute Gasteiger partial charge is 0.384 e. The van der Waals surface area contributed by atoms with Crippen molar-refractivity contribution in [2.24, 2.45) is 5.73 Å². The molecule has 0 aliphatic rings. The van der Waals surface area contributed by atoms with Crippen LogP contribution in [0.15, 0.2) is 18.2 Å². The molecule has 0 aliphatic heterocycles. The summed E-state index contributed by atoms with van der Waals surface area (Å²) in [4.78, 5) is 0. The minimum atomic E-state index is -3.75. The van der Waals surface area contributed by atoms with Gasteiger partial charge in [0.1, 0.15) is 11.7 Å². The average Bonchev–Trinajstić information content (AvgIpc) is 2.20. The number of halogens is 1. The number of rotatable bonds is 4. The molecule has 6 nitrogen and oxygen atoms in total. The van der Waals surface area contributed by atoms with Crippen molar-refractivity contribution in [3.63, 3.8) is 0 Å². The Kier molecular flexibility index (Phi) is 3.45. The lowest BCUT2D eigenvalue weighted by Gasteiger charge is -2.08. The number of nitrogens with two attached hydrogens (primary N) is 1. The second-order valence-electron chi connectivity index (χ2n) is 2.92. The van der Waals surface area contributed by atoms with E-state index < -0.39 is 16.0 Å². The Hall–Kier alpha value is -1.67. The zero-order chi connectivity index (χ0) is 12.3. The van der Waals surface area contributed by atoms with Crippen molar-refractivity contribution < 1.29 is 12.8 Å². The van der Waals surface area contributed by atoms with E-state index in [1.165, 1.54) is 19.2 Å². The summed E-state index contributed by atoms with van der Waals surface area (Å²) in [6.07, 6.45) is 0. The van der Waals surface area contributed by atoms with E-state index in [1.807, 2.05) is 9.44 Å². The maximum atomic E-state index is 13.4. The lowest BCUT2D eigenvalue weighted by atomic mass is 10.2. The predicted molar refractivity (Wildman–Crippen MR) is 59.0 cm³/mol. The number of hydrogen-bond donors (Lipinski definition) is 4. The van der Waals surface area contributed by atoms with Gasteiger partial charge in [0.2, 0.25) is 0 Å². The Morgan fingerprint density at radius 1 is 1.50 bits per heavy atom. The van der Waals surface area contributed by atoms with Crippen LogP contribution in [-0.4, -0.2) is 21.3 Å². The highest BCUT2D eigenvalue weighted by Crippen LogP contribution is 2.16. The van der Waals surface area contributed by atoms with E-state index in [9.17, 15) is 12.8 Å². The van der Waals surface area contributed by atoms with Crippen molar-refractivity contribution in [2.75, 3.05) is 11.8 Å². The number of hydrogen-bond acceptors (Lipinski definition) is 3. The van der Waals surface area contributed by atoms with Crippen LogP contribution in [0.4, 0.5) is 10.1 Å². The van der Waals surface area contributed by atoms with Gasteiger partial charge in [-0.3, -0.25) is 10.1 Å². The van der Waals surface area contributed by atoms with Gasteiger partial charge in [0.25, 0.3) is 10.2 Å². The summed E-state index contributed by atoms with van der Waals surface area (Å²) in [5, 5.41) is 7.08. The quantitative estimate of drug-likeness (QED) is 0.443. The van der Waals surface area contributed by atoms with Crippen molar-refractivity contribution in [2.45, 2.75) is 0 Å². The van der Waals surface area contributed by atoms with Gasteiger partial charge in [-0.05, 0) is 18.2 Å². The standard InChI is InChI=1S/C8H11FN4O2S/c1-12-16(14,15)13-7-3-2-5(8(10)11)4-6(7)9/h2-4,12-13H,1H3,(H3,10,11). The summed E-state index contributed by atoms with van der Waals surface area (Å²) in [6, 6.07) is 3.52. The van der Waals surface area contributed by atoms with Crippen molar-refractivity contribution in [1.29, 1.82) is 5.41 Å². The molecule has 1 aromatic carbocycles. The Balaban J connectivity index is 3.05. The molecule has 0 spiro atoms. The Labute approximate surface area is 92.3 Å². The third-order valence-corrected chi connectivity index (χ3v) is 2.82. The first-order chi connectivity index (χ1) is 7.35. The SMILES string of the molecule is CNS(=O)(=O)Nc1ccc(C(=N)N)cc1F. The summed E-state index contributed by atoms with van der Waals surface area (Å²) in [5.74, 6) is -1.09. The Morgan fingerprint density at radius 2 is 2.12 bits per heavy atom. The van der Waals surface area contributed by atoms with Gasteiger partial charge in [0.05, 0.1) is 5.69 Å². The highest BCUT2D eigenvalue weighted by molar-refractivity contribution is 7.90. The molecule has 0 heterocycles. The van der Waals surface area contributed by atoms with Crippen LogP contribution in [0.25, 0.3) is 0 Å². The number of amidine groups is 1. The molecule has 88 valence electrons. The number of nitrogens with one attached hydrogen (secondary N) is 3. The summed E-state index contributed by atoms with van der Waals surface area (Å²) in [5.41, 5.74) is 5.13. The van der Waals surface area contributed by atoms with Gasteiger partial charge >= 0.3 is 0 Å². The normalized spacial score (nSPS) is 11.1. The van der Waals surface area contributed by atoms with E-state index in [-0.39, 0.29) is 17.1 Å². The molecule has 0 unspecified atom stereocenters. The topological polar surface area (TPSA) is 108 Å². The van der Waals surface area contributed by atoms with E-state index in [1.54, 1.807) is 0 Å². The van der Waals surface area contributed by atoms with E-state index in [4.69, 9.17) is 11.1 Å². The lowest BCUT2D eigenvalue weighted by Crippen LogP contribution is -2.27. The molecule has 0 saturated heterocycles. The van der Waals surface area contributed by atoms with Gasteiger partial charge in [-0.15, -0.1) is 0 Å². The number of benzene rings is 1. The maximum absolute atomic E-state index is 13.4. The van der Waals surface area contributed by atoms with Crippen LogP contribution in [0.1, 0.15) is 5.56 Å². The molecule has 16 heavy (non-hydrogen) atoms. The lowest BCUT2D eigenvalue weighted by molar-refractivity contribution is 0.591. The minimum Gasteiger partial charge on any atom is -0.384 e. The first kappa shape index (κ1) is 12.4. The maximum Gasteiger partial charge on any atom is 0.298 e. The van der Waals surface area contributed by atoms with Gasteiger partial charge in [-0.1, -0.05) is 0 Å². The zero-order valence-electron chi connectivity index (χ0n) is 8.41. The van der Waals surface area contributed by atoms with E-state index >= 15 is 0 Å². The fraction of sp³-hybridized carbons (Fsp3) is 0.125. The van der Waals surface area contributed by atoms with Gasteiger partial charge in [0.15, 0.2) is 0 Å². The summed E-state index contributed by atoms with van der Waals surface area (Å²) in [6.45, 7) is 0. The molecule has 1 rings (SSSR count). The number of nitrogen functional groups attached to an aromatic ring is 1. The molecule has 0 fully saturated rings. The molecule has 0 aliphatic carbocycles. The van der Waals surface area contributed by atoms with Crippen LogP contribution < -0.4 is 15.2 Å². The average molecular weight is 246 g/mol. The van der Waals surface area contributed by atoms with Crippen molar-refractivity contribution in [1.82, 2.24) is 4.72 Å². The van der Waals surface area contributed by atoms with E-state index in [2.05, 4.69) is 0 Å². The third kappa shape index (κ3) is 2.91. The molecular weight excluding hydrogens is 235 g/mol. The predicted octanol–water partition coefficient (Wildman–Crippen LogP) is -0.0141. The molecule has 0 aromatic heterocycles. The van der Waals surface area contributed by atoms with Gasteiger partial charge in [-0.2, -0.15) is 8.42 Å². The minimum absolute atomic E-state index is 0.185. The van der Waals surface area contributed by atoms with Crippen molar-refractivity contribution in [3.8, 4) is 0 Å². The molecule has 1 aromatic rings. The van der Waals surface area contributed by atoms with Crippen LogP contribution in [0.2, 0.25) is 0 Å². The van der Waals surface area contributed by atoms with Crippen LogP contribution in [0.5, 0.6) is 0 Å². The van der Waals surface area contributed by atoms with E-state index in [0.29, 0.717) is 0 Å². The molecule has 0 bridgehead atoms. The highest BCUT2D eigenvalue weighted by Gasteiger charge is 2.11. The number of anilines is 1. The molecule has 0 amide bonds. The summed E-state index contributed by atoms with van der Waals surface area (Å²) >= 11 is 0. The highest BCUT2D eigenvalue weighted by atomic mass is 32.2. The smallest absolute Gasteiger partial charge is 0.298 e. The van der Waals surface area contributed by atoms with Gasteiger partial charge < -0.3 is 5.73 Å². The molecule has 8 heteroatoms. The summed E-state index contributed by atoms with van der Waals surface area (Å²) in [7, 11) is -2.55.